The van der Waals surface area contributed by atoms with Crippen molar-refractivity contribution in [2.24, 2.45) is 11.8 Å². The maximum Gasteiger partial charge on any atom is 0.237 e. The number of benzene rings is 1. The Balaban J connectivity index is 1.48. The molecule has 2 heterocycles. The van der Waals surface area contributed by atoms with E-state index < -0.39 is 0 Å². The first-order chi connectivity index (χ1) is 10.7. The fourth-order valence-corrected chi connectivity index (χ4v) is 4.39. The van der Waals surface area contributed by atoms with Crippen molar-refractivity contribution in [1.82, 2.24) is 4.90 Å². The number of nitrogens with zero attached hydrogens (tertiary/aromatic N) is 1. The summed E-state index contributed by atoms with van der Waals surface area (Å²) >= 11 is 0. The largest absolute Gasteiger partial charge is 0.313 e. The summed E-state index contributed by atoms with van der Waals surface area (Å²) < 4.78 is 0. The molecule has 1 N–H and O–H groups in total. The average Bonchev–Trinajstić information content (AvgIpc) is 2.80. The van der Waals surface area contributed by atoms with Gasteiger partial charge in [-0.05, 0) is 18.4 Å². The summed E-state index contributed by atoms with van der Waals surface area (Å²) in [5.41, 5.74) is 2.78. The molecule has 0 spiro atoms. The van der Waals surface area contributed by atoms with E-state index >= 15 is 0 Å². The molecule has 3 aliphatic rings. The number of hydrogen-bond donors (Lipinski definition) is 1. The Morgan fingerprint density at radius 2 is 1.64 bits per heavy atom. The fraction of sp³-hybridized carbons (Fsp3) is 0.556. The van der Waals surface area contributed by atoms with E-state index in [1.54, 1.807) is 4.90 Å². The van der Waals surface area contributed by atoms with Crippen LogP contribution in [0, 0.1) is 11.8 Å². The van der Waals surface area contributed by atoms with Gasteiger partial charge in [0, 0.05) is 12.0 Å². The first kappa shape index (κ1) is 13.9. The maximum atomic E-state index is 12.6. The lowest BCUT2D eigenvalue weighted by atomic mass is 9.81. The normalized spacial score (nSPS) is 31.1. The molecule has 1 aromatic carbocycles. The molecule has 4 heteroatoms. The maximum absolute atomic E-state index is 12.6. The van der Waals surface area contributed by atoms with Crippen LogP contribution in [0.3, 0.4) is 0 Å². The molecular formula is C18H23N2O2+. The Bertz CT molecular complexity index is 589. The van der Waals surface area contributed by atoms with Gasteiger partial charge in [-0.1, -0.05) is 37.1 Å². The molecule has 4 rings (SSSR count). The minimum atomic E-state index is -0.0160. The second-order valence-corrected chi connectivity index (χ2v) is 6.96. The molecule has 0 radical (unpaired) electrons. The van der Waals surface area contributed by atoms with E-state index in [0.717, 1.165) is 45.2 Å². The summed E-state index contributed by atoms with van der Waals surface area (Å²) in [5, 5.41) is 0. The van der Waals surface area contributed by atoms with Crippen molar-refractivity contribution < 1.29 is 14.5 Å². The summed E-state index contributed by atoms with van der Waals surface area (Å²) in [7, 11) is 0. The third-order valence-corrected chi connectivity index (χ3v) is 5.62. The van der Waals surface area contributed by atoms with E-state index in [1.807, 2.05) is 0 Å². The van der Waals surface area contributed by atoms with E-state index in [1.165, 1.54) is 16.0 Å². The number of carbonyl (C=O) groups excluding carboxylic acids is 2. The van der Waals surface area contributed by atoms with Crippen molar-refractivity contribution in [3.63, 3.8) is 0 Å². The first-order valence-electron chi connectivity index (χ1n) is 8.49. The molecule has 1 saturated heterocycles. The summed E-state index contributed by atoms with van der Waals surface area (Å²) in [6.45, 7) is 2.48. The number of hydrogen-bond acceptors (Lipinski definition) is 2. The quantitative estimate of drug-likeness (QED) is 0.819. The molecule has 0 aromatic heterocycles. The molecule has 2 aliphatic heterocycles. The number of imide groups is 1. The summed E-state index contributed by atoms with van der Waals surface area (Å²) in [6.07, 6.45) is 5.04. The van der Waals surface area contributed by atoms with Gasteiger partial charge >= 0.3 is 0 Å². The summed E-state index contributed by atoms with van der Waals surface area (Å²) in [4.78, 5) is 28.0. The molecule has 116 valence electrons. The fourth-order valence-electron chi connectivity index (χ4n) is 4.39. The number of amides is 2. The lowest BCUT2D eigenvalue weighted by Gasteiger charge is -2.28. The predicted octanol–water partition coefficient (Wildman–Crippen LogP) is 0.760. The smallest absolute Gasteiger partial charge is 0.237 e. The molecule has 4 nitrogen and oxygen atoms in total. The molecule has 1 aromatic rings. The number of likely N-dealkylation sites (tertiary alicyclic amines) is 1. The Morgan fingerprint density at radius 3 is 2.32 bits per heavy atom. The highest BCUT2D eigenvalue weighted by Gasteiger charge is 2.49. The Labute approximate surface area is 131 Å². The van der Waals surface area contributed by atoms with E-state index in [4.69, 9.17) is 0 Å². The van der Waals surface area contributed by atoms with Gasteiger partial charge in [-0.25, -0.2) is 4.90 Å². The highest BCUT2D eigenvalue weighted by molar-refractivity contribution is 6.05. The molecule has 3 atom stereocenters. The number of fused-ring (bicyclic) bond motifs is 2. The van der Waals surface area contributed by atoms with Crippen molar-refractivity contribution in [3.05, 3.63) is 35.4 Å². The standard InChI is InChI=1S/C18H22N2O2/c21-17-15-7-3-4-8-16(15)18(22)20(17)12-19-10-9-13-5-1-2-6-14(13)11-19/h1-2,5-6,15-16H,3-4,7-12H2/p+1/t15-,16-/m0/s1. The van der Waals surface area contributed by atoms with E-state index in [0.29, 0.717) is 6.67 Å². The van der Waals surface area contributed by atoms with Crippen LogP contribution < -0.4 is 4.90 Å². The van der Waals surface area contributed by atoms with E-state index in [-0.39, 0.29) is 23.7 Å². The summed E-state index contributed by atoms with van der Waals surface area (Å²) in [6, 6.07) is 8.51. The minimum absolute atomic E-state index is 0.0160. The Hall–Kier alpha value is -1.68. The zero-order valence-electron chi connectivity index (χ0n) is 12.9. The van der Waals surface area contributed by atoms with Gasteiger partial charge in [-0.15, -0.1) is 0 Å². The van der Waals surface area contributed by atoms with Crippen LogP contribution in [-0.4, -0.2) is 29.9 Å². The number of carbonyl (C=O) groups is 2. The van der Waals surface area contributed by atoms with Crippen molar-refractivity contribution in [1.29, 1.82) is 0 Å². The van der Waals surface area contributed by atoms with Gasteiger partial charge in [-0.3, -0.25) is 9.59 Å². The van der Waals surface area contributed by atoms with Crippen LogP contribution in [0.15, 0.2) is 24.3 Å². The van der Waals surface area contributed by atoms with Crippen LogP contribution in [0.5, 0.6) is 0 Å². The topological polar surface area (TPSA) is 41.8 Å². The second kappa shape index (κ2) is 5.51. The van der Waals surface area contributed by atoms with Gasteiger partial charge in [0.05, 0.1) is 18.4 Å². The molecule has 1 aliphatic carbocycles. The third kappa shape index (κ3) is 2.26. The lowest BCUT2D eigenvalue weighted by molar-refractivity contribution is -0.923. The van der Waals surface area contributed by atoms with Crippen LogP contribution in [0.1, 0.15) is 36.8 Å². The monoisotopic (exact) mass is 299 g/mol. The minimum Gasteiger partial charge on any atom is -0.313 e. The zero-order valence-corrected chi connectivity index (χ0v) is 12.9. The van der Waals surface area contributed by atoms with E-state index in [9.17, 15) is 9.59 Å². The molecule has 0 bridgehead atoms. The van der Waals surface area contributed by atoms with Crippen LogP contribution in [0.4, 0.5) is 0 Å². The van der Waals surface area contributed by atoms with Gasteiger partial charge in [-0.2, -0.15) is 0 Å². The lowest BCUT2D eigenvalue weighted by Crippen LogP contribution is -3.13. The highest BCUT2D eigenvalue weighted by Crippen LogP contribution is 2.37. The number of nitrogens with one attached hydrogen (secondary N) is 1. The van der Waals surface area contributed by atoms with Crippen LogP contribution in [0.25, 0.3) is 0 Å². The Morgan fingerprint density at radius 1 is 1.00 bits per heavy atom. The van der Waals surface area contributed by atoms with Gasteiger partial charge in [0.2, 0.25) is 11.8 Å². The molecule has 2 fully saturated rings. The van der Waals surface area contributed by atoms with Gasteiger partial charge in [0.15, 0.2) is 6.67 Å². The van der Waals surface area contributed by atoms with Crippen LogP contribution >= 0.6 is 0 Å². The average molecular weight is 299 g/mol. The summed E-state index contributed by atoms with van der Waals surface area (Å²) in [5.74, 6) is 0.164. The number of rotatable bonds is 2. The van der Waals surface area contributed by atoms with Gasteiger partial charge in [0.25, 0.3) is 0 Å². The molecule has 2 amide bonds. The molecule has 22 heavy (non-hydrogen) atoms. The van der Waals surface area contributed by atoms with E-state index in [2.05, 4.69) is 24.3 Å². The van der Waals surface area contributed by atoms with Crippen molar-refractivity contribution in [2.45, 2.75) is 38.6 Å². The predicted molar refractivity (Wildman–Crippen MR) is 81.8 cm³/mol. The van der Waals surface area contributed by atoms with Gasteiger partial charge < -0.3 is 4.90 Å². The van der Waals surface area contributed by atoms with Crippen LogP contribution in [-0.2, 0) is 22.6 Å². The number of quaternary nitrogens is 1. The first-order valence-corrected chi connectivity index (χ1v) is 8.49. The molecular weight excluding hydrogens is 276 g/mol. The third-order valence-electron chi connectivity index (χ3n) is 5.62. The highest BCUT2D eigenvalue weighted by atomic mass is 16.2. The molecule has 1 saturated carbocycles. The SMILES string of the molecule is O=C1[C@H]2CCCC[C@@H]2C(=O)N1C[NH+]1CCc2ccccc2C1. The Kier molecular flexibility index (Phi) is 3.49. The van der Waals surface area contributed by atoms with Crippen molar-refractivity contribution in [3.8, 4) is 0 Å². The van der Waals surface area contributed by atoms with Crippen molar-refractivity contribution in [2.75, 3.05) is 13.2 Å². The molecule has 1 unspecified atom stereocenters. The second-order valence-electron chi connectivity index (χ2n) is 6.96. The van der Waals surface area contributed by atoms with Crippen LogP contribution in [0.2, 0.25) is 0 Å². The zero-order chi connectivity index (χ0) is 15.1. The van der Waals surface area contributed by atoms with Gasteiger partial charge in [0.1, 0.15) is 6.54 Å². The van der Waals surface area contributed by atoms with Crippen molar-refractivity contribution >= 4 is 11.8 Å².